The SMILES string of the molecule is CCCCn1c(=O)[nH]c2c(C(=O)N3CCN(c4ccccc4F)CC3)snc2c1=O. The Balaban J connectivity index is 1.55. The number of hydrogen-bond acceptors (Lipinski definition) is 6. The topological polar surface area (TPSA) is 91.3 Å². The number of halogens is 1. The molecule has 2 aromatic heterocycles. The van der Waals surface area contributed by atoms with Crippen LogP contribution in [0.1, 0.15) is 29.4 Å². The predicted octanol–water partition coefficient (Wildman–Crippen LogP) is 2.05. The molecule has 1 aliphatic heterocycles. The minimum atomic E-state index is -0.528. The van der Waals surface area contributed by atoms with Gasteiger partial charge in [-0.05, 0) is 30.1 Å². The third kappa shape index (κ3) is 3.62. The van der Waals surface area contributed by atoms with Crippen LogP contribution >= 0.6 is 11.5 Å². The van der Waals surface area contributed by atoms with Crippen LogP contribution in [0.15, 0.2) is 33.9 Å². The number of nitrogens with zero attached hydrogens (tertiary/aromatic N) is 4. The Labute approximate surface area is 175 Å². The van der Waals surface area contributed by atoms with E-state index in [0.717, 1.165) is 22.5 Å². The molecule has 3 aromatic rings. The minimum absolute atomic E-state index is 0.115. The first-order chi connectivity index (χ1) is 14.5. The number of fused-ring (bicyclic) bond motifs is 1. The molecule has 4 rings (SSSR count). The number of hydrogen-bond donors (Lipinski definition) is 1. The van der Waals surface area contributed by atoms with Crippen LogP contribution in [0.3, 0.4) is 0 Å². The summed E-state index contributed by atoms with van der Waals surface area (Å²) in [4.78, 5) is 44.5. The molecule has 0 aliphatic carbocycles. The molecule has 3 heterocycles. The summed E-state index contributed by atoms with van der Waals surface area (Å²) in [6, 6.07) is 6.56. The van der Waals surface area contributed by atoms with Crippen molar-refractivity contribution in [2.75, 3.05) is 31.1 Å². The normalized spacial score (nSPS) is 14.5. The molecule has 1 N–H and O–H groups in total. The molecule has 1 aliphatic rings. The van der Waals surface area contributed by atoms with Gasteiger partial charge in [-0.15, -0.1) is 0 Å². The lowest BCUT2D eigenvalue weighted by Gasteiger charge is -2.36. The zero-order valence-electron chi connectivity index (χ0n) is 16.6. The van der Waals surface area contributed by atoms with E-state index in [4.69, 9.17) is 0 Å². The summed E-state index contributed by atoms with van der Waals surface area (Å²) in [5, 5.41) is 0. The van der Waals surface area contributed by atoms with E-state index in [-0.39, 0.29) is 27.6 Å². The number of nitrogens with one attached hydrogen (secondary N) is 1. The van der Waals surface area contributed by atoms with Gasteiger partial charge in [-0.25, -0.2) is 9.18 Å². The number of H-pyrrole nitrogens is 1. The number of benzene rings is 1. The molecule has 0 bridgehead atoms. The second-order valence-electron chi connectivity index (χ2n) is 7.21. The van der Waals surface area contributed by atoms with Gasteiger partial charge in [0.15, 0.2) is 5.52 Å². The Morgan fingerprint density at radius 2 is 1.93 bits per heavy atom. The maximum atomic E-state index is 14.0. The van der Waals surface area contributed by atoms with Crippen molar-refractivity contribution in [2.45, 2.75) is 26.3 Å². The second-order valence-corrected chi connectivity index (χ2v) is 7.98. The molecule has 158 valence electrons. The smallest absolute Gasteiger partial charge is 0.328 e. The fraction of sp³-hybridized carbons (Fsp3) is 0.400. The first-order valence-corrected chi connectivity index (χ1v) is 10.7. The molecule has 0 spiro atoms. The molecule has 1 amide bonds. The zero-order valence-corrected chi connectivity index (χ0v) is 17.4. The van der Waals surface area contributed by atoms with Gasteiger partial charge in [-0.3, -0.25) is 14.2 Å². The van der Waals surface area contributed by atoms with Gasteiger partial charge in [-0.1, -0.05) is 25.5 Å². The number of carbonyl (C=O) groups is 1. The van der Waals surface area contributed by atoms with Gasteiger partial charge in [0, 0.05) is 32.7 Å². The predicted molar refractivity (Wildman–Crippen MR) is 114 cm³/mol. The Morgan fingerprint density at radius 3 is 2.63 bits per heavy atom. The zero-order chi connectivity index (χ0) is 21.3. The largest absolute Gasteiger partial charge is 0.366 e. The van der Waals surface area contributed by atoms with Crippen molar-refractivity contribution >= 4 is 34.2 Å². The van der Waals surface area contributed by atoms with Crippen LogP contribution in [0, 0.1) is 5.82 Å². The van der Waals surface area contributed by atoms with Crippen LogP contribution in [-0.2, 0) is 6.54 Å². The van der Waals surface area contributed by atoms with E-state index in [1.54, 1.807) is 23.1 Å². The van der Waals surface area contributed by atoms with Crippen LogP contribution < -0.4 is 16.1 Å². The molecule has 10 heteroatoms. The summed E-state index contributed by atoms with van der Waals surface area (Å²) in [5.74, 6) is -0.570. The van der Waals surface area contributed by atoms with E-state index in [1.165, 1.54) is 6.07 Å². The standard InChI is InChI=1S/C20H22FN5O3S/c1-2-3-8-26-18(27)16-15(22-20(26)29)17(30-23-16)19(28)25-11-9-24(10-12-25)14-7-5-4-6-13(14)21/h4-7H,2-3,8-12H2,1H3,(H,22,29). The van der Waals surface area contributed by atoms with E-state index in [1.807, 2.05) is 11.8 Å². The van der Waals surface area contributed by atoms with Crippen molar-refractivity contribution in [3.05, 3.63) is 55.8 Å². The summed E-state index contributed by atoms with van der Waals surface area (Å²) in [6.45, 7) is 4.09. The van der Waals surface area contributed by atoms with E-state index in [9.17, 15) is 18.8 Å². The highest BCUT2D eigenvalue weighted by Gasteiger charge is 2.27. The number of piperazine rings is 1. The van der Waals surface area contributed by atoms with Gasteiger partial charge in [0.1, 0.15) is 10.7 Å². The summed E-state index contributed by atoms with van der Waals surface area (Å²) < 4.78 is 19.3. The third-order valence-corrected chi connectivity index (χ3v) is 6.14. The van der Waals surface area contributed by atoms with Gasteiger partial charge in [0.05, 0.1) is 11.2 Å². The fourth-order valence-electron chi connectivity index (χ4n) is 3.61. The van der Waals surface area contributed by atoms with Gasteiger partial charge >= 0.3 is 5.69 Å². The monoisotopic (exact) mass is 431 g/mol. The minimum Gasteiger partial charge on any atom is -0.366 e. The quantitative estimate of drug-likeness (QED) is 0.668. The molecular formula is C20H22FN5O3S. The van der Waals surface area contributed by atoms with Crippen LogP contribution in [0.25, 0.3) is 11.0 Å². The summed E-state index contributed by atoms with van der Waals surface area (Å²) in [7, 11) is 0. The first kappa shape index (κ1) is 20.3. The molecular weight excluding hydrogens is 409 g/mol. The highest BCUT2D eigenvalue weighted by atomic mass is 32.1. The fourth-order valence-corrected chi connectivity index (χ4v) is 4.41. The maximum Gasteiger partial charge on any atom is 0.328 e. The van der Waals surface area contributed by atoms with Crippen molar-refractivity contribution in [3.8, 4) is 0 Å². The lowest BCUT2D eigenvalue weighted by atomic mass is 10.2. The second kappa shape index (κ2) is 8.39. The number of carbonyl (C=O) groups excluding carboxylic acids is 1. The van der Waals surface area contributed by atoms with E-state index in [0.29, 0.717) is 44.8 Å². The first-order valence-electron chi connectivity index (χ1n) is 9.92. The van der Waals surface area contributed by atoms with Gasteiger partial charge < -0.3 is 14.8 Å². The van der Waals surface area contributed by atoms with Gasteiger partial charge in [0.2, 0.25) is 0 Å². The van der Waals surface area contributed by atoms with Gasteiger partial charge in [-0.2, -0.15) is 4.37 Å². The maximum absolute atomic E-state index is 14.0. The molecule has 1 aromatic carbocycles. The molecule has 1 saturated heterocycles. The average Bonchev–Trinajstić information content (AvgIpc) is 3.17. The van der Waals surface area contributed by atoms with Crippen molar-refractivity contribution in [2.24, 2.45) is 0 Å². The number of aromatic amines is 1. The summed E-state index contributed by atoms with van der Waals surface area (Å²) in [6.07, 6.45) is 1.56. The Kier molecular flexibility index (Phi) is 5.67. The number of anilines is 1. The molecule has 0 saturated carbocycles. The molecule has 30 heavy (non-hydrogen) atoms. The van der Waals surface area contributed by atoms with Crippen LogP contribution in [-0.4, -0.2) is 50.9 Å². The van der Waals surface area contributed by atoms with Crippen molar-refractivity contribution in [3.63, 3.8) is 0 Å². The van der Waals surface area contributed by atoms with E-state index < -0.39 is 11.2 Å². The molecule has 0 unspecified atom stereocenters. The van der Waals surface area contributed by atoms with Crippen molar-refractivity contribution in [1.82, 2.24) is 18.8 Å². The summed E-state index contributed by atoms with van der Waals surface area (Å²) >= 11 is 0.921. The average molecular weight is 431 g/mol. The Bertz CT molecular complexity index is 1190. The molecule has 0 atom stereocenters. The molecule has 0 radical (unpaired) electrons. The number of para-hydroxylation sites is 1. The highest BCUT2D eigenvalue weighted by molar-refractivity contribution is 7.09. The lowest BCUT2D eigenvalue weighted by Crippen LogP contribution is -2.49. The number of rotatable bonds is 5. The molecule has 1 fully saturated rings. The Morgan fingerprint density at radius 1 is 1.20 bits per heavy atom. The van der Waals surface area contributed by atoms with Crippen LogP contribution in [0.4, 0.5) is 10.1 Å². The number of unbranched alkanes of at least 4 members (excludes halogenated alkanes) is 1. The van der Waals surface area contributed by atoms with Crippen molar-refractivity contribution < 1.29 is 9.18 Å². The van der Waals surface area contributed by atoms with Crippen LogP contribution in [0.5, 0.6) is 0 Å². The van der Waals surface area contributed by atoms with Crippen LogP contribution in [0.2, 0.25) is 0 Å². The van der Waals surface area contributed by atoms with E-state index >= 15 is 0 Å². The number of amides is 1. The summed E-state index contributed by atoms with van der Waals surface area (Å²) in [5.41, 5.74) is -0.167. The molecule has 8 nitrogen and oxygen atoms in total. The number of aromatic nitrogens is 3. The third-order valence-electron chi connectivity index (χ3n) is 5.31. The van der Waals surface area contributed by atoms with Crippen molar-refractivity contribution in [1.29, 1.82) is 0 Å². The Hall–Kier alpha value is -3.01. The highest BCUT2D eigenvalue weighted by Crippen LogP contribution is 2.23. The lowest BCUT2D eigenvalue weighted by molar-refractivity contribution is 0.0753. The van der Waals surface area contributed by atoms with E-state index in [2.05, 4.69) is 9.36 Å². The van der Waals surface area contributed by atoms with Gasteiger partial charge in [0.25, 0.3) is 11.5 Å².